The predicted molar refractivity (Wildman–Crippen MR) is 159 cm³/mol. The number of hydrogen-bond acceptors (Lipinski definition) is 5. The largest absolute Gasteiger partial charge is 0.486 e. The Morgan fingerprint density at radius 1 is 1.07 bits per heavy atom. The molecule has 0 radical (unpaired) electrons. The van der Waals surface area contributed by atoms with Gasteiger partial charge in [-0.3, -0.25) is 13.9 Å². The first-order chi connectivity index (χ1) is 21.1. The number of likely N-dealkylation sites (tertiary alicyclic amines) is 1. The summed E-state index contributed by atoms with van der Waals surface area (Å²) in [4.78, 5) is 24.5. The highest BCUT2D eigenvalue weighted by Gasteiger charge is 2.39. The zero-order valence-electron chi connectivity index (χ0n) is 23.7. The summed E-state index contributed by atoms with van der Waals surface area (Å²) < 4.78 is 89.8. The molecule has 2 aliphatic heterocycles. The Kier molecular flexibility index (Phi) is 8.87. The Morgan fingerprint density at radius 2 is 1.78 bits per heavy atom. The lowest BCUT2D eigenvalue weighted by Gasteiger charge is -2.38. The van der Waals surface area contributed by atoms with Crippen LogP contribution in [0.4, 0.5) is 23.2 Å². The first kappa shape index (κ1) is 32.3. The number of carbonyl (C=O) groups excluding carboxylic acids is 1. The van der Waals surface area contributed by atoms with Crippen molar-refractivity contribution in [3.63, 3.8) is 0 Å². The molecule has 1 N–H and O–H groups in total. The highest BCUT2D eigenvalue weighted by molar-refractivity contribution is 7.92. The number of halogens is 5. The number of nitrogens with zero attached hydrogens (tertiary/aromatic N) is 2. The number of rotatable bonds is 8. The number of hydrogen-bond donors (Lipinski definition) is 1. The van der Waals surface area contributed by atoms with Crippen LogP contribution in [0.1, 0.15) is 36.5 Å². The zero-order valence-corrected chi connectivity index (χ0v) is 25.3. The van der Waals surface area contributed by atoms with E-state index in [1.54, 1.807) is 19.1 Å². The van der Waals surface area contributed by atoms with Gasteiger partial charge in [0.05, 0.1) is 33.6 Å². The van der Waals surface area contributed by atoms with Crippen molar-refractivity contribution in [1.29, 1.82) is 0 Å². The fourth-order valence-electron chi connectivity index (χ4n) is 5.23. The summed E-state index contributed by atoms with van der Waals surface area (Å²) in [6, 6.07) is 12.2. The maximum atomic E-state index is 14.5. The van der Waals surface area contributed by atoms with E-state index < -0.39 is 50.5 Å². The number of alkyl halides is 3. The number of carbonyl (C=O) groups is 2. The molecule has 3 aromatic rings. The second-order valence-corrected chi connectivity index (χ2v) is 13.1. The molecule has 0 saturated carbocycles. The van der Waals surface area contributed by atoms with Crippen LogP contribution >= 0.6 is 11.6 Å². The predicted octanol–water partition coefficient (Wildman–Crippen LogP) is 6.34. The molecule has 1 atom stereocenters. The van der Waals surface area contributed by atoms with Crippen LogP contribution in [-0.2, 0) is 25.8 Å². The summed E-state index contributed by atoms with van der Waals surface area (Å²) in [6.45, 7) is 1.46. The van der Waals surface area contributed by atoms with E-state index in [4.69, 9.17) is 21.4 Å². The van der Waals surface area contributed by atoms with Crippen molar-refractivity contribution in [3.05, 3.63) is 88.2 Å². The van der Waals surface area contributed by atoms with Crippen molar-refractivity contribution in [3.8, 4) is 5.75 Å². The number of amides is 1. The van der Waals surface area contributed by atoms with Gasteiger partial charge < -0.3 is 14.7 Å². The molecule has 5 rings (SSSR count). The average molecular weight is 667 g/mol. The molecule has 45 heavy (non-hydrogen) atoms. The third kappa shape index (κ3) is 6.79. The lowest BCUT2D eigenvalue weighted by atomic mass is 9.99. The van der Waals surface area contributed by atoms with Gasteiger partial charge in [0.1, 0.15) is 17.7 Å². The van der Waals surface area contributed by atoms with Crippen molar-refractivity contribution >= 4 is 50.8 Å². The molecule has 0 aromatic heterocycles. The van der Waals surface area contributed by atoms with E-state index in [0.717, 1.165) is 22.5 Å². The van der Waals surface area contributed by atoms with Gasteiger partial charge in [-0.05, 0) is 66.9 Å². The van der Waals surface area contributed by atoms with E-state index in [1.807, 2.05) is 0 Å². The Balaban J connectivity index is 1.48. The number of aliphatic carboxylic acids is 1. The van der Waals surface area contributed by atoms with Gasteiger partial charge in [-0.25, -0.2) is 12.8 Å². The summed E-state index contributed by atoms with van der Waals surface area (Å²) in [5.74, 6) is -2.40. The van der Waals surface area contributed by atoms with Crippen molar-refractivity contribution in [1.82, 2.24) is 4.90 Å². The smallest absolute Gasteiger partial charge is 0.416 e. The SMILES string of the molecule is C/C(=C\c1ccc2c(c1)N(S(=O)(=O)c1cccc(C(F)(F)F)c1)C[C@H](CCC(=O)N1CC(C(=O)O)C1)O2)c1c(F)cccc1Cl. The van der Waals surface area contributed by atoms with E-state index in [-0.39, 0.29) is 60.4 Å². The lowest BCUT2D eigenvalue weighted by molar-refractivity contribution is -0.153. The second kappa shape index (κ2) is 12.4. The highest BCUT2D eigenvalue weighted by Crippen LogP contribution is 2.40. The Morgan fingerprint density at radius 3 is 2.44 bits per heavy atom. The standard InChI is InChI=1S/C31H27ClF4N2O6S/c1-18(29-24(32)6-3-7-25(29)33)12-19-8-10-27-26(13-19)38(45(42,43)23-5-2-4-21(14-23)31(34,35)36)17-22(44-27)9-11-28(39)37-15-20(16-37)30(40)41/h2-8,10,12-14,20,22H,9,11,15-17H2,1H3,(H,40,41)/b18-12+/t22-/m0/s1. The summed E-state index contributed by atoms with van der Waals surface area (Å²) in [6.07, 6.45) is -4.04. The summed E-state index contributed by atoms with van der Waals surface area (Å²) in [5, 5.41) is 9.24. The molecule has 1 saturated heterocycles. The minimum atomic E-state index is -4.78. The van der Waals surface area contributed by atoms with E-state index in [2.05, 4.69) is 0 Å². The van der Waals surface area contributed by atoms with Crippen LogP contribution in [0.5, 0.6) is 5.75 Å². The monoisotopic (exact) mass is 666 g/mol. The van der Waals surface area contributed by atoms with Crippen LogP contribution in [0.3, 0.4) is 0 Å². The van der Waals surface area contributed by atoms with E-state index in [0.29, 0.717) is 17.2 Å². The molecule has 14 heteroatoms. The van der Waals surface area contributed by atoms with Crippen LogP contribution in [0.2, 0.25) is 5.02 Å². The molecule has 1 amide bonds. The number of fused-ring (bicyclic) bond motifs is 1. The fraction of sp³-hybridized carbons (Fsp3) is 0.290. The van der Waals surface area contributed by atoms with Crippen molar-refractivity contribution in [2.45, 2.75) is 36.9 Å². The van der Waals surface area contributed by atoms with E-state index in [1.165, 1.54) is 35.2 Å². The minimum absolute atomic E-state index is 0.0446. The normalized spacial score (nSPS) is 17.4. The van der Waals surface area contributed by atoms with Crippen LogP contribution < -0.4 is 9.04 Å². The molecular weight excluding hydrogens is 640 g/mol. The maximum absolute atomic E-state index is 14.5. The van der Waals surface area contributed by atoms with Crippen LogP contribution in [0.15, 0.2) is 65.6 Å². The van der Waals surface area contributed by atoms with Crippen LogP contribution in [0, 0.1) is 11.7 Å². The Hall–Kier alpha value is -4.10. The van der Waals surface area contributed by atoms with Crippen molar-refractivity contribution < 1.29 is 45.4 Å². The fourth-order valence-corrected chi connectivity index (χ4v) is 7.09. The summed E-state index contributed by atoms with van der Waals surface area (Å²) in [5.41, 5.74) is -0.0544. The van der Waals surface area contributed by atoms with Gasteiger partial charge in [-0.1, -0.05) is 35.9 Å². The maximum Gasteiger partial charge on any atom is 0.416 e. The summed E-state index contributed by atoms with van der Waals surface area (Å²) in [7, 11) is -4.58. The third-order valence-electron chi connectivity index (χ3n) is 7.67. The molecule has 2 heterocycles. The molecule has 3 aromatic carbocycles. The number of benzene rings is 3. The molecule has 0 spiro atoms. The molecule has 0 unspecified atom stereocenters. The number of carboxylic acid groups (broad SMARTS) is 1. The molecule has 0 bridgehead atoms. The zero-order chi connectivity index (χ0) is 32.7. The van der Waals surface area contributed by atoms with Gasteiger partial charge >= 0.3 is 12.1 Å². The van der Waals surface area contributed by atoms with Gasteiger partial charge in [0, 0.05) is 25.1 Å². The lowest BCUT2D eigenvalue weighted by Crippen LogP contribution is -2.53. The van der Waals surface area contributed by atoms with Crippen molar-refractivity contribution in [2.24, 2.45) is 5.92 Å². The number of anilines is 1. The molecule has 8 nitrogen and oxygen atoms in total. The summed E-state index contributed by atoms with van der Waals surface area (Å²) >= 11 is 6.20. The number of ether oxygens (including phenoxy) is 1. The molecule has 1 fully saturated rings. The van der Waals surface area contributed by atoms with Crippen LogP contribution in [0.25, 0.3) is 11.6 Å². The van der Waals surface area contributed by atoms with Crippen LogP contribution in [-0.4, -0.2) is 56.0 Å². The Bertz CT molecular complexity index is 1770. The second-order valence-electron chi connectivity index (χ2n) is 10.8. The molecule has 2 aliphatic rings. The number of carboxylic acids is 1. The van der Waals surface area contributed by atoms with Gasteiger partial charge in [0.25, 0.3) is 10.0 Å². The van der Waals surface area contributed by atoms with Gasteiger partial charge in [0.2, 0.25) is 5.91 Å². The third-order valence-corrected chi connectivity index (χ3v) is 9.76. The van der Waals surface area contributed by atoms with Gasteiger partial charge in [-0.15, -0.1) is 0 Å². The topological polar surface area (TPSA) is 104 Å². The van der Waals surface area contributed by atoms with E-state index >= 15 is 0 Å². The molecule has 0 aliphatic carbocycles. The molecule has 238 valence electrons. The minimum Gasteiger partial charge on any atom is -0.486 e. The Labute approximate surface area is 261 Å². The van der Waals surface area contributed by atoms with Gasteiger partial charge in [0.15, 0.2) is 0 Å². The van der Waals surface area contributed by atoms with Crippen molar-refractivity contribution in [2.75, 3.05) is 23.9 Å². The number of sulfonamides is 1. The highest BCUT2D eigenvalue weighted by atomic mass is 35.5. The number of allylic oxidation sites excluding steroid dienone is 1. The quantitative estimate of drug-likeness (QED) is 0.222. The first-order valence-electron chi connectivity index (χ1n) is 13.8. The van der Waals surface area contributed by atoms with E-state index in [9.17, 15) is 35.6 Å². The first-order valence-corrected chi connectivity index (χ1v) is 15.6. The molecular formula is C31H27ClF4N2O6S. The van der Waals surface area contributed by atoms with Gasteiger partial charge in [-0.2, -0.15) is 13.2 Å². The average Bonchev–Trinajstić information content (AvgIpc) is 2.94.